The molecule has 0 saturated carbocycles. The van der Waals surface area contributed by atoms with Gasteiger partial charge >= 0.3 is 5.97 Å². The van der Waals surface area contributed by atoms with Crippen molar-refractivity contribution in [2.45, 2.75) is 18.9 Å². The van der Waals surface area contributed by atoms with Gasteiger partial charge < -0.3 is 29.7 Å². The van der Waals surface area contributed by atoms with Gasteiger partial charge in [0, 0.05) is 29.4 Å². The zero-order valence-electron chi connectivity index (χ0n) is 17.9. The number of ketones is 2. The number of anilines is 1. The summed E-state index contributed by atoms with van der Waals surface area (Å²) in [6.07, 6.45) is 1.50. The number of rotatable bonds is 5. The van der Waals surface area contributed by atoms with Gasteiger partial charge in [0.25, 0.3) is 0 Å². The van der Waals surface area contributed by atoms with Crippen LogP contribution in [-0.2, 0) is 4.79 Å². The first-order valence-electron chi connectivity index (χ1n) is 9.90. The van der Waals surface area contributed by atoms with Crippen LogP contribution in [0.2, 0.25) is 5.02 Å². The second kappa shape index (κ2) is 8.00. The lowest BCUT2D eigenvalue weighted by molar-refractivity contribution is -0.129. The number of halogens is 1. The molecule has 1 aliphatic heterocycles. The molecule has 1 heterocycles. The number of Topliss-reactive ketones (excluding diaryl/α,β-unsaturated/α-hetero) is 1. The number of ether oxygens (including phenoxy) is 3. The molecule has 1 aliphatic carbocycles. The van der Waals surface area contributed by atoms with Crippen LogP contribution >= 0.6 is 11.6 Å². The number of phenols is 1. The summed E-state index contributed by atoms with van der Waals surface area (Å²) in [5.41, 5.74) is -1.18. The maximum absolute atomic E-state index is 13.5. The lowest BCUT2D eigenvalue weighted by Crippen LogP contribution is -2.55. The van der Waals surface area contributed by atoms with E-state index < -0.39 is 29.1 Å². The number of allylic oxidation sites excluding steroid dienone is 1. The molecule has 0 radical (unpaired) electrons. The fourth-order valence-corrected chi connectivity index (χ4v) is 4.45. The number of hydrogen-bond donors (Lipinski definition) is 3. The van der Waals surface area contributed by atoms with Gasteiger partial charge in [0.1, 0.15) is 33.4 Å². The highest BCUT2D eigenvalue weighted by atomic mass is 35.5. The SMILES string of the molecule is COc1cc(OC)c2c(c1Cl)O[C@@]1(C(=O)C=C(Nc3ccc(O)c(C(=O)O)c3)C[C@H]1C)C2=O. The Bertz CT molecular complexity index is 1240. The second-order valence-electron chi connectivity index (χ2n) is 7.77. The van der Waals surface area contributed by atoms with Crippen molar-refractivity contribution in [1.82, 2.24) is 0 Å². The van der Waals surface area contributed by atoms with Gasteiger partial charge in [0.2, 0.25) is 17.2 Å². The largest absolute Gasteiger partial charge is 0.507 e. The zero-order chi connectivity index (χ0) is 24.1. The highest BCUT2D eigenvalue weighted by molar-refractivity contribution is 6.36. The van der Waals surface area contributed by atoms with Crippen molar-refractivity contribution in [3.05, 3.63) is 52.2 Å². The first kappa shape index (κ1) is 22.5. The van der Waals surface area contributed by atoms with Crippen LogP contribution in [0.25, 0.3) is 0 Å². The van der Waals surface area contributed by atoms with Crippen LogP contribution < -0.4 is 19.5 Å². The Morgan fingerprint density at radius 3 is 2.52 bits per heavy atom. The summed E-state index contributed by atoms with van der Waals surface area (Å²) in [6, 6.07) is 5.44. The molecule has 1 spiro atoms. The van der Waals surface area contributed by atoms with Gasteiger partial charge in [-0.1, -0.05) is 18.5 Å². The molecule has 9 nitrogen and oxygen atoms in total. The first-order chi connectivity index (χ1) is 15.6. The number of carboxylic acid groups (broad SMARTS) is 1. The van der Waals surface area contributed by atoms with E-state index in [2.05, 4.69) is 5.32 Å². The minimum absolute atomic E-state index is 0.0347. The quantitative estimate of drug-likeness (QED) is 0.439. The molecule has 33 heavy (non-hydrogen) atoms. The Morgan fingerprint density at radius 2 is 1.91 bits per heavy atom. The topological polar surface area (TPSA) is 131 Å². The van der Waals surface area contributed by atoms with E-state index in [1.165, 1.54) is 44.6 Å². The number of benzene rings is 2. The number of carbonyl (C=O) groups excluding carboxylic acids is 2. The molecular formula is C23H20ClNO8. The van der Waals surface area contributed by atoms with E-state index in [-0.39, 0.29) is 45.6 Å². The number of aromatic hydroxyl groups is 1. The molecule has 0 aromatic heterocycles. The molecule has 0 amide bonds. The fourth-order valence-electron chi connectivity index (χ4n) is 4.19. The maximum Gasteiger partial charge on any atom is 0.339 e. The Balaban J connectivity index is 1.70. The predicted molar refractivity (Wildman–Crippen MR) is 118 cm³/mol. The van der Waals surface area contributed by atoms with Crippen LogP contribution in [0.5, 0.6) is 23.0 Å². The van der Waals surface area contributed by atoms with Crippen LogP contribution in [0.4, 0.5) is 5.69 Å². The molecule has 0 saturated heterocycles. The Hall–Kier alpha value is -3.72. The molecule has 2 atom stereocenters. The zero-order valence-corrected chi connectivity index (χ0v) is 18.6. The van der Waals surface area contributed by atoms with E-state index in [9.17, 15) is 24.6 Å². The maximum atomic E-state index is 13.5. The number of aromatic carboxylic acids is 1. The van der Waals surface area contributed by atoms with Gasteiger partial charge in [-0.05, 0) is 24.6 Å². The van der Waals surface area contributed by atoms with Crippen molar-refractivity contribution < 1.29 is 38.8 Å². The van der Waals surface area contributed by atoms with Crippen molar-refractivity contribution in [2.24, 2.45) is 5.92 Å². The van der Waals surface area contributed by atoms with Crippen LogP contribution in [-0.4, -0.2) is 47.6 Å². The van der Waals surface area contributed by atoms with E-state index >= 15 is 0 Å². The van der Waals surface area contributed by atoms with Crippen molar-refractivity contribution in [2.75, 3.05) is 19.5 Å². The molecule has 4 rings (SSSR count). The van der Waals surface area contributed by atoms with Gasteiger partial charge in [0.05, 0.1) is 14.2 Å². The number of fused-ring (bicyclic) bond motifs is 1. The van der Waals surface area contributed by atoms with Crippen LogP contribution in [0.1, 0.15) is 34.1 Å². The summed E-state index contributed by atoms with van der Waals surface area (Å²) in [5.74, 6) is -2.94. The molecule has 0 unspecified atom stereocenters. The first-order valence-corrected chi connectivity index (χ1v) is 10.3. The summed E-state index contributed by atoms with van der Waals surface area (Å²) in [6.45, 7) is 1.70. The molecule has 2 aliphatic rings. The van der Waals surface area contributed by atoms with E-state index in [1.807, 2.05) is 0 Å². The third-order valence-corrected chi connectivity index (χ3v) is 6.20. The monoisotopic (exact) mass is 473 g/mol. The lowest BCUT2D eigenvalue weighted by Gasteiger charge is -2.35. The minimum Gasteiger partial charge on any atom is -0.507 e. The second-order valence-corrected chi connectivity index (χ2v) is 8.15. The third-order valence-electron chi connectivity index (χ3n) is 5.84. The Morgan fingerprint density at radius 1 is 1.21 bits per heavy atom. The third kappa shape index (κ3) is 3.36. The van der Waals surface area contributed by atoms with Crippen molar-refractivity contribution in [1.29, 1.82) is 0 Å². The van der Waals surface area contributed by atoms with Crippen molar-refractivity contribution >= 4 is 34.8 Å². The van der Waals surface area contributed by atoms with E-state index in [4.69, 9.17) is 25.8 Å². The summed E-state index contributed by atoms with van der Waals surface area (Å²) < 4.78 is 16.5. The molecule has 172 valence electrons. The highest BCUT2D eigenvalue weighted by Crippen LogP contribution is 2.53. The molecule has 2 aromatic rings. The van der Waals surface area contributed by atoms with Crippen molar-refractivity contribution in [3.63, 3.8) is 0 Å². The van der Waals surface area contributed by atoms with Gasteiger partial charge in [-0.15, -0.1) is 0 Å². The molecular weight excluding hydrogens is 454 g/mol. The number of carboxylic acids is 1. The number of hydrogen-bond acceptors (Lipinski definition) is 8. The van der Waals surface area contributed by atoms with E-state index in [0.29, 0.717) is 11.4 Å². The molecule has 10 heteroatoms. The molecule has 0 bridgehead atoms. The normalized spacial score (nSPS) is 21.3. The van der Waals surface area contributed by atoms with Crippen LogP contribution in [0, 0.1) is 5.92 Å². The van der Waals surface area contributed by atoms with Gasteiger partial charge in [-0.3, -0.25) is 9.59 Å². The van der Waals surface area contributed by atoms with Crippen LogP contribution in [0.3, 0.4) is 0 Å². The predicted octanol–water partition coefficient (Wildman–Crippen LogP) is 3.68. The Kier molecular flexibility index (Phi) is 5.45. The van der Waals surface area contributed by atoms with Crippen LogP contribution in [0.15, 0.2) is 36.0 Å². The minimum atomic E-state index is -1.81. The van der Waals surface area contributed by atoms with Gasteiger partial charge in [-0.2, -0.15) is 0 Å². The van der Waals surface area contributed by atoms with Crippen molar-refractivity contribution in [3.8, 4) is 23.0 Å². The average Bonchev–Trinajstić information content (AvgIpc) is 3.09. The summed E-state index contributed by atoms with van der Waals surface area (Å²) in [7, 11) is 2.80. The number of carbonyl (C=O) groups is 3. The summed E-state index contributed by atoms with van der Waals surface area (Å²) in [4.78, 5) is 38.0. The van der Waals surface area contributed by atoms with E-state index in [1.54, 1.807) is 6.92 Å². The smallest absolute Gasteiger partial charge is 0.339 e. The highest BCUT2D eigenvalue weighted by Gasteiger charge is 2.60. The summed E-state index contributed by atoms with van der Waals surface area (Å²) >= 11 is 6.37. The number of methoxy groups -OCH3 is 2. The standard InChI is InChI=1S/C23H20ClNO8/c1-10-6-12(25-11-4-5-14(26)13(7-11)22(29)30)8-17(27)23(10)21(28)18-15(31-2)9-16(32-3)19(24)20(18)33-23/h4-5,7-10,25-26H,6H2,1-3H3,(H,29,30)/t10-,23+/m1/s1. The molecule has 3 N–H and O–H groups in total. The average molecular weight is 474 g/mol. The fraction of sp³-hybridized carbons (Fsp3) is 0.261. The molecule has 2 aromatic carbocycles. The number of nitrogens with one attached hydrogen (secondary N) is 1. The summed E-state index contributed by atoms with van der Waals surface area (Å²) in [5, 5.41) is 21.9. The van der Waals surface area contributed by atoms with E-state index in [0.717, 1.165) is 0 Å². The Labute approximate surface area is 193 Å². The van der Waals surface area contributed by atoms with Gasteiger partial charge in [-0.25, -0.2) is 4.79 Å². The lowest BCUT2D eigenvalue weighted by atomic mass is 9.74. The molecule has 0 fully saturated rings. The van der Waals surface area contributed by atoms with Gasteiger partial charge in [0.15, 0.2) is 5.75 Å².